The third-order valence-corrected chi connectivity index (χ3v) is 7.45. The van der Waals surface area contributed by atoms with E-state index in [4.69, 9.17) is 9.47 Å². The molecule has 1 aliphatic carbocycles. The maximum atomic E-state index is 13.5. The lowest BCUT2D eigenvalue weighted by Gasteiger charge is -2.46. The zero-order valence-electron chi connectivity index (χ0n) is 18.0. The van der Waals surface area contributed by atoms with E-state index >= 15 is 0 Å². The van der Waals surface area contributed by atoms with Gasteiger partial charge in [-0.2, -0.15) is 4.31 Å². The molecule has 0 unspecified atom stereocenters. The van der Waals surface area contributed by atoms with E-state index in [-0.39, 0.29) is 37.3 Å². The van der Waals surface area contributed by atoms with Crippen LogP contribution in [0.15, 0.2) is 53.4 Å². The van der Waals surface area contributed by atoms with Crippen molar-refractivity contribution in [3.05, 3.63) is 54.3 Å². The summed E-state index contributed by atoms with van der Waals surface area (Å²) >= 11 is 0. The number of nitrogens with zero attached hydrogens (tertiary/aromatic N) is 1. The number of hydroxylamine groups is 1. The van der Waals surface area contributed by atoms with Crippen molar-refractivity contribution in [1.82, 2.24) is 9.79 Å². The van der Waals surface area contributed by atoms with Crippen molar-refractivity contribution in [3.63, 3.8) is 0 Å². The van der Waals surface area contributed by atoms with E-state index in [9.17, 15) is 27.6 Å². The highest BCUT2D eigenvalue weighted by Crippen LogP contribution is 2.41. The topological polar surface area (TPSA) is 122 Å². The number of benzene rings is 2. The molecule has 1 saturated carbocycles. The third kappa shape index (κ3) is 5.32. The molecule has 1 aliphatic rings. The summed E-state index contributed by atoms with van der Waals surface area (Å²) in [7, 11) is -4.23. The summed E-state index contributed by atoms with van der Waals surface area (Å²) in [6, 6.07) is 10.8. The van der Waals surface area contributed by atoms with Crippen molar-refractivity contribution in [2.45, 2.75) is 43.0 Å². The molecule has 2 aromatic rings. The first-order valence-corrected chi connectivity index (χ1v) is 11.8. The molecule has 0 radical (unpaired) electrons. The monoisotopic (exact) mass is 480 g/mol. The number of nitrogens with one attached hydrogen (secondary N) is 1. The van der Waals surface area contributed by atoms with E-state index in [1.54, 1.807) is 12.4 Å². The number of amides is 1. The van der Waals surface area contributed by atoms with E-state index in [0.29, 0.717) is 17.9 Å². The number of carbonyl (C=O) groups excluding carboxylic acids is 2. The Labute approximate surface area is 191 Å². The zero-order chi connectivity index (χ0) is 24.1. The Balaban J connectivity index is 1.87. The fraction of sp³-hybridized carbons (Fsp3) is 0.364. The molecule has 0 spiro atoms. The van der Waals surface area contributed by atoms with E-state index in [2.05, 4.69) is 0 Å². The quantitative estimate of drug-likeness (QED) is 0.305. The van der Waals surface area contributed by atoms with Gasteiger partial charge in [0, 0.05) is 6.54 Å². The van der Waals surface area contributed by atoms with E-state index in [0.717, 1.165) is 4.31 Å². The normalized spacial score (nSPS) is 14.9. The van der Waals surface area contributed by atoms with Crippen molar-refractivity contribution in [2.75, 3.05) is 13.2 Å². The summed E-state index contributed by atoms with van der Waals surface area (Å²) in [5.41, 5.74) is 0.0604. The molecule has 11 heteroatoms. The number of esters is 1. The van der Waals surface area contributed by atoms with Crippen LogP contribution >= 0.6 is 0 Å². The van der Waals surface area contributed by atoms with Crippen LogP contribution in [0.1, 0.15) is 32.6 Å². The molecule has 178 valence electrons. The number of halogens is 1. The predicted octanol–water partition coefficient (Wildman–Crippen LogP) is 2.99. The second-order valence-electron chi connectivity index (χ2n) is 7.49. The number of hydrogen-bond donors (Lipinski definition) is 2. The molecule has 1 fully saturated rings. The number of carbonyl (C=O) groups is 2. The molecule has 0 aliphatic heterocycles. The third-order valence-electron chi connectivity index (χ3n) is 5.47. The number of ether oxygens (including phenoxy) is 2. The minimum absolute atomic E-state index is 0.116. The summed E-state index contributed by atoms with van der Waals surface area (Å²) in [5, 5.41) is 9.22. The highest BCUT2D eigenvalue weighted by atomic mass is 32.2. The number of rotatable bonds is 10. The van der Waals surface area contributed by atoms with Gasteiger partial charge in [-0.1, -0.05) is 0 Å². The summed E-state index contributed by atoms with van der Waals surface area (Å²) in [6.45, 7) is 1.49. The van der Waals surface area contributed by atoms with Crippen molar-refractivity contribution in [1.29, 1.82) is 0 Å². The van der Waals surface area contributed by atoms with Crippen LogP contribution in [0.3, 0.4) is 0 Å². The van der Waals surface area contributed by atoms with Crippen LogP contribution in [-0.2, 0) is 24.3 Å². The van der Waals surface area contributed by atoms with Crippen molar-refractivity contribution < 1.29 is 37.1 Å². The van der Waals surface area contributed by atoms with Crippen LogP contribution in [0.5, 0.6) is 11.5 Å². The van der Waals surface area contributed by atoms with Gasteiger partial charge in [0.05, 0.1) is 17.9 Å². The smallest absolute Gasteiger partial charge is 0.307 e. The number of sulfonamides is 1. The van der Waals surface area contributed by atoms with Crippen LogP contribution in [0.25, 0.3) is 0 Å². The van der Waals surface area contributed by atoms with Gasteiger partial charge < -0.3 is 9.47 Å². The van der Waals surface area contributed by atoms with Gasteiger partial charge in [0.25, 0.3) is 5.91 Å². The first-order chi connectivity index (χ1) is 15.7. The Morgan fingerprint density at radius 3 is 2.15 bits per heavy atom. The van der Waals surface area contributed by atoms with Crippen molar-refractivity contribution in [2.24, 2.45) is 0 Å². The average Bonchev–Trinajstić information content (AvgIpc) is 2.77. The maximum Gasteiger partial charge on any atom is 0.307 e. The molecule has 2 aromatic carbocycles. The Morgan fingerprint density at radius 2 is 1.67 bits per heavy atom. The molecular weight excluding hydrogens is 455 g/mol. The van der Waals surface area contributed by atoms with Crippen LogP contribution in [0.2, 0.25) is 0 Å². The fourth-order valence-corrected chi connectivity index (χ4v) is 5.43. The second kappa shape index (κ2) is 10.3. The Bertz CT molecular complexity index is 1080. The summed E-state index contributed by atoms with van der Waals surface area (Å²) < 4.78 is 51.5. The molecule has 0 heterocycles. The summed E-state index contributed by atoms with van der Waals surface area (Å²) in [5.74, 6) is -1.16. The molecular formula is C22H25FN2O7S. The highest BCUT2D eigenvalue weighted by Gasteiger charge is 2.54. The first kappa shape index (κ1) is 24.6. The lowest BCUT2D eigenvalue weighted by molar-refractivity contribution is -0.147. The fourth-order valence-electron chi connectivity index (χ4n) is 3.64. The zero-order valence-corrected chi connectivity index (χ0v) is 18.8. The van der Waals surface area contributed by atoms with E-state index in [1.807, 2.05) is 0 Å². The van der Waals surface area contributed by atoms with Gasteiger partial charge in [0.2, 0.25) is 10.0 Å². The van der Waals surface area contributed by atoms with Crippen LogP contribution in [0, 0.1) is 5.82 Å². The van der Waals surface area contributed by atoms with Crippen LogP contribution in [0.4, 0.5) is 4.39 Å². The standard InChI is InChI=1S/C22H25FN2O7S/c1-2-31-20(26)12-15-25(22(13-3-14-22)21(27)24-28)33(29,30)19-10-8-18(9-11-19)32-17-6-4-16(23)5-7-17/h4-11,28H,2-3,12-15H2,1H3,(H,24,27). The van der Waals surface area contributed by atoms with Gasteiger partial charge in [-0.3, -0.25) is 14.8 Å². The van der Waals surface area contributed by atoms with Crippen LogP contribution in [-0.4, -0.2) is 48.5 Å². The molecule has 0 atom stereocenters. The molecule has 0 aromatic heterocycles. The molecule has 0 saturated heterocycles. The minimum atomic E-state index is -4.23. The Kier molecular flexibility index (Phi) is 7.67. The SMILES string of the molecule is CCOC(=O)CCN(C1(C(=O)NO)CCC1)S(=O)(=O)c1ccc(Oc2ccc(F)cc2)cc1. The van der Waals surface area contributed by atoms with Gasteiger partial charge in [-0.25, -0.2) is 18.3 Å². The van der Waals surface area contributed by atoms with Gasteiger partial charge in [0.15, 0.2) is 0 Å². The molecule has 33 heavy (non-hydrogen) atoms. The Hall–Kier alpha value is -3.02. The molecule has 3 rings (SSSR count). The predicted molar refractivity (Wildman–Crippen MR) is 115 cm³/mol. The van der Waals surface area contributed by atoms with E-state index < -0.39 is 33.3 Å². The van der Waals surface area contributed by atoms with Gasteiger partial charge in [-0.15, -0.1) is 0 Å². The van der Waals surface area contributed by atoms with Gasteiger partial charge in [0.1, 0.15) is 22.9 Å². The lowest BCUT2D eigenvalue weighted by Crippen LogP contribution is -2.64. The summed E-state index contributed by atoms with van der Waals surface area (Å²) in [4.78, 5) is 24.2. The molecule has 2 N–H and O–H groups in total. The summed E-state index contributed by atoms with van der Waals surface area (Å²) in [6.07, 6.45) is 0.739. The molecule has 1 amide bonds. The molecule has 9 nitrogen and oxygen atoms in total. The van der Waals surface area contributed by atoms with Crippen LogP contribution < -0.4 is 10.2 Å². The maximum absolute atomic E-state index is 13.5. The highest BCUT2D eigenvalue weighted by molar-refractivity contribution is 7.89. The first-order valence-electron chi connectivity index (χ1n) is 10.4. The van der Waals surface area contributed by atoms with E-state index in [1.165, 1.54) is 48.5 Å². The van der Waals surface area contributed by atoms with Gasteiger partial charge >= 0.3 is 5.97 Å². The number of hydrogen-bond acceptors (Lipinski definition) is 7. The Morgan fingerprint density at radius 1 is 1.09 bits per heavy atom. The molecule has 0 bridgehead atoms. The minimum Gasteiger partial charge on any atom is -0.466 e. The average molecular weight is 481 g/mol. The largest absolute Gasteiger partial charge is 0.466 e. The van der Waals surface area contributed by atoms with Crippen molar-refractivity contribution in [3.8, 4) is 11.5 Å². The second-order valence-corrected chi connectivity index (χ2v) is 9.35. The van der Waals surface area contributed by atoms with Crippen molar-refractivity contribution >= 4 is 21.9 Å². The van der Waals surface area contributed by atoms with Gasteiger partial charge in [-0.05, 0) is 74.7 Å². The lowest BCUT2D eigenvalue weighted by atomic mass is 9.76.